The molecule has 4 rings (SSSR count). The lowest BCUT2D eigenvalue weighted by atomic mass is 9.69. The average molecular weight is 472 g/mol. The molecular formula is C22H19BrFN3OS. The Morgan fingerprint density at radius 3 is 2.52 bits per heavy atom. The zero-order chi connectivity index (χ0) is 20.9. The minimum absolute atomic E-state index is 0.0261. The van der Waals surface area contributed by atoms with Crippen LogP contribution in [-0.2, 0) is 4.79 Å². The number of nitriles is 1. The van der Waals surface area contributed by atoms with E-state index in [9.17, 15) is 14.4 Å². The Morgan fingerprint density at radius 1 is 1.24 bits per heavy atom. The number of nitrogens with two attached hydrogens (primary N) is 1. The van der Waals surface area contributed by atoms with Gasteiger partial charge in [0, 0.05) is 28.3 Å². The lowest BCUT2D eigenvalue weighted by Gasteiger charge is -2.43. The zero-order valence-corrected chi connectivity index (χ0v) is 18.4. The van der Waals surface area contributed by atoms with Crippen molar-refractivity contribution < 1.29 is 9.18 Å². The molecule has 1 aliphatic carbocycles. The second-order valence-electron chi connectivity index (χ2n) is 8.10. The van der Waals surface area contributed by atoms with Gasteiger partial charge in [-0.05, 0) is 64.2 Å². The number of benzene rings is 1. The fraction of sp³-hybridized carbons (Fsp3) is 0.273. The highest BCUT2D eigenvalue weighted by atomic mass is 79.9. The third-order valence-electron chi connectivity index (χ3n) is 5.34. The molecule has 1 aromatic heterocycles. The summed E-state index contributed by atoms with van der Waals surface area (Å²) in [5.41, 5.74) is 8.68. The van der Waals surface area contributed by atoms with Gasteiger partial charge in [0.05, 0.1) is 21.3 Å². The number of thiophene rings is 1. The van der Waals surface area contributed by atoms with E-state index in [4.69, 9.17) is 5.73 Å². The number of nitrogens with zero attached hydrogens (tertiary/aromatic N) is 2. The third kappa shape index (κ3) is 3.41. The second-order valence-corrected chi connectivity index (χ2v) is 10.6. The quantitative estimate of drug-likeness (QED) is 0.619. The highest BCUT2D eigenvalue weighted by Gasteiger charge is 2.45. The first-order chi connectivity index (χ1) is 13.7. The van der Waals surface area contributed by atoms with Crippen LogP contribution in [0.15, 0.2) is 62.8 Å². The predicted molar refractivity (Wildman–Crippen MR) is 116 cm³/mol. The zero-order valence-electron chi connectivity index (χ0n) is 16.0. The molecule has 1 aliphatic heterocycles. The second kappa shape index (κ2) is 7.12. The van der Waals surface area contributed by atoms with Gasteiger partial charge < -0.3 is 5.73 Å². The van der Waals surface area contributed by atoms with E-state index in [0.29, 0.717) is 29.7 Å². The van der Waals surface area contributed by atoms with E-state index < -0.39 is 5.92 Å². The summed E-state index contributed by atoms with van der Waals surface area (Å²) >= 11 is 4.97. The first-order valence-electron chi connectivity index (χ1n) is 9.19. The smallest absolute Gasteiger partial charge is 0.162 e. The van der Waals surface area contributed by atoms with Crippen LogP contribution in [0.4, 0.5) is 10.1 Å². The summed E-state index contributed by atoms with van der Waals surface area (Å²) in [4.78, 5) is 16.0. The largest absolute Gasteiger partial charge is 0.384 e. The van der Waals surface area contributed by atoms with E-state index in [1.54, 1.807) is 17.0 Å². The van der Waals surface area contributed by atoms with Crippen molar-refractivity contribution in [3.05, 3.63) is 73.5 Å². The van der Waals surface area contributed by atoms with Gasteiger partial charge in [-0.25, -0.2) is 4.39 Å². The van der Waals surface area contributed by atoms with Gasteiger partial charge in [-0.3, -0.25) is 9.69 Å². The van der Waals surface area contributed by atoms with Crippen LogP contribution in [-0.4, -0.2) is 5.78 Å². The third-order valence-corrected chi connectivity index (χ3v) is 7.03. The molecule has 1 aromatic carbocycles. The van der Waals surface area contributed by atoms with Gasteiger partial charge in [-0.2, -0.15) is 5.26 Å². The fourth-order valence-electron chi connectivity index (χ4n) is 4.16. The van der Waals surface area contributed by atoms with E-state index in [2.05, 4.69) is 22.0 Å². The molecule has 0 saturated carbocycles. The number of halogens is 2. The lowest BCUT2D eigenvalue weighted by Crippen LogP contribution is -2.42. The van der Waals surface area contributed by atoms with Gasteiger partial charge >= 0.3 is 0 Å². The minimum atomic E-state index is -0.480. The van der Waals surface area contributed by atoms with Crippen LogP contribution in [0.2, 0.25) is 0 Å². The molecule has 1 atom stereocenters. The molecular weight excluding hydrogens is 453 g/mol. The van der Waals surface area contributed by atoms with Gasteiger partial charge in [-0.15, -0.1) is 11.3 Å². The molecule has 2 aliphatic rings. The van der Waals surface area contributed by atoms with E-state index in [1.165, 1.54) is 23.5 Å². The van der Waals surface area contributed by atoms with E-state index in [1.807, 2.05) is 26.0 Å². The monoisotopic (exact) mass is 471 g/mol. The molecule has 0 bridgehead atoms. The van der Waals surface area contributed by atoms with Crippen LogP contribution < -0.4 is 10.6 Å². The molecule has 0 unspecified atom stereocenters. The van der Waals surface area contributed by atoms with E-state index in [-0.39, 0.29) is 22.8 Å². The van der Waals surface area contributed by atoms with Gasteiger partial charge in [0.2, 0.25) is 0 Å². The van der Waals surface area contributed by atoms with Crippen molar-refractivity contribution in [2.45, 2.75) is 32.6 Å². The number of Topliss-reactive ketones (excluding diaryl/α,β-unsaturated/α-hetero) is 1. The maximum atomic E-state index is 13.5. The summed E-state index contributed by atoms with van der Waals surface area (Å²) in [6, 6.07) is 12.0. The number of carbonyl (C=O) groups excluding carboxylic acids is 1. The SMILES string of the molecule is CC1(C)CC(=O)C2=C(C1)N(c1ccc(F)cc1)C(N)=C(C#N)[C@@H]2c1ccc(Br)s1. The van der Waals surface area contributed by atoms with Crippen molar-refractivity contribution in [1.82, 2.24) is 0 Å². The van der Waals surface area contributed by atoms with Crippen LogP contribution in [0.5, 0.6) is 0 Å². The Balaban J connectivity index is 1.99. The molecule has 0 spiro atoms. The van der Waals surface area contributed by atoms with Crippen molar-refractivity contribution in [2.24, 2.45) is 11.1 Å². The number of ketones is 1. The standard InChI is InChI=1S/C22H19BrFN3OS/c1-22(2)9-15-20(16(28)10-22)19(17-7-8-18(23)29-17)14(11-25)21(26)27(15)13-5-3-12(24)4-6-13/h3-8,19H,9-10,26H2,1-2H3/t19-/m1/s1. The van der Waals surface area contributed by atoms with Crippen molar-refractivity contribution >= 4 is 38.7 Å². The molecule has 0 radical (unpaired) electrons. The van der Waals surface area contributed by atoms with E-state index in [0.717, 1.165) is 14.4 Å². The van der Waals surface area contributed by atoms with Crippen molar-refractivity contribution in [2.75, 3.05) is 4.90 Å². The normalized spacial score (nSPS) is 21.3. The highest BCUT2D eigenvalue weighted by molar-refractivity contribution is 9.11. The average Bonchev–Trinajstić information content (AvgIpc) is 3.07. The Bertz CT molecular complexity index is 1110. The Labute approximate surface area is 181 Å². The van der Waals surface area contributed by atoms with Crippen LogP contribution >= 0.6 is 27.3 Å². The molecule has 0 amide bonds. The molecule has 29 heavy (non-hydrogen) atoms. The first-order valence-corrected chi connectivity index (χ1v) is 10.8. The predicted octanol–water partition coefficient (Wildman–Crippen LogP) is 5.59. The number of anilines is 1. The van der Waals surface area contributed by atoms with Gasteiger partial charge in [0.1, 0.15) is 11.6 Å². The van der Waals surface area contributed by atoms with Crippen molar-refractivity contribution in [3.8, 4) is 6.07 Å². The van der Waals surface area contributed by atoms with Crippen molar-refractivity contribution in [3.63, 3.8) is 0 Å². The summed E-state index contributed by atoms with van der Waals surface area (Å²) in [6.45, 7) is 4.10. The van der Waals surface area contributed by atoms with E-state index >= 15 is 0 Å². The molecule has 2 N–H and O–H groups in total. The summed E-state index contributed by atoms with van der Waals surface area (Å²) < 4.78 is 14.4. The van der Waals surface area contributed by atoms with Crippen molar-refractivity contribution in [1.29, 1.82) is 5.26 Å². The van der Waals surface area contributed by atoms with Crippen LogP contribution in [0, 0.1) is 22.6 Å². The summed E-state index contributed by atoms with van der Waals surface area (Å²) in [7, 11) is 0. The van der Waals surface area contributed by atoms with Crippen LogP contribution in [0.3, 0.4) is 0 Å². The van der Waals surface area contributed by atoms with Gasteiger partial charge in [0.15, 0.2) is 5.78 Å². The number of rotatable bonds is 2. The lowest BCUT2D eigenvalue weighted by molar-refractivity contribution is -0.118. The summed E-state index contributed by atoms with van der Waals surface area (Å²) in [5.74, 6) is -0.521. The molecule has 7 heteroatoms. The Kier molecular flexibility index (Phi) is 4.88. The number of allylic oxidation sites excluding steroid dienone is 3. The maximum absolute atomic E-state index is 13.5. The number of hydrogen-bond donors (Lipinski definition) is 1. The molecule has 2 aromatic rings. The molecule has 0 saturated heterocycles. The molecule has 0 fully saturated rings. The Morgan fingerprint density at radius 2 is 1.93 bits per heavy atom. The van der Waals surface area contributed by atoms with Crippen LogP contribution in [0.25, 0.3) is 0 Å². The molecule has 2 heterocycles. The van der Waals surface area contributed by atoms with Gasteiger partial charge in [-0.1, -0.05) is 13.8 Å². The Hall–Kier alpha value is -2.43. The summed E-state index contributed by atoms with van der Waals surface area (Å²) in [6.07, 6.45) is 1.04. The fourth-order valence-corrected chi connectivity index (χ4v) is 5.71. The molecule has 4 nitrogen and oxygen atoms in total. The minimum Gasteiger partial charge on any atom is -0.384 e. The summed E-state index contributed by atoms with van der Waals surface area (Å²) in [5, 5.41) is 9.97. The number of hydrogen-bond acceptors (Lipinski definition) is 5. The highest BCUT2D eigenvalue weighted by Crippen LogP contribution is 2.51. The topological polar surface area (TPSA) is 70.1 Å². The van der Waals surface area contributed by atoms with Crippen LogP contribution in [0.1, 0.15) is 37.5 Å². The molecule has 148 valence electrons. The van der Waals surface area contributed by atoms with Gasteiger partial charge in [0.25, 0.3) is 0 Å². The number of carbonyl (C=O) groups is 1. The first kappa shape index (κ1) is 19.9. The maximum Gasteiger partial charge on any atom is 0.162 e.